The second-order valence-corrected chi connectivity index (χ2v) is 19.2. The number of allylic oxidation sites excluding steroid dienone is 6. The third-order valence-corrected chi connectivity index (χ3v) is 12.6. The molecule has 380 valence electrons. The van der Waals surface area contributed by atoms with Gasteiger partial charge in [-0.25, -0.2) is 0 Å². The van der Waals surface area contributed by atoms with Crippen molar-refractivity contribution < 1.29 is 28.6 Å². The molecule has 0 fully saturated rings. The predicted octanol–water partition coefficient (Wildman–Crippen LogP) is 18.9. The zero-order valence-electron chi connectivity index (χ0n) is 43.5. The minimum Gasteiger partial charge on any atom is -0.462 e. The Morgan fingerprint density at radius 2 is 0.585 bits per heavy atom. The van der Waals surface area contributed by atoms with Crippen molar-refractivity contribution in [3.8, 4) is 0 Å². The molecule has 0 aromatic rings. The van der Waals surface area contributed by atoms with Crippen LogP contribution in [0.15, 0.2) is 36.5 Å². The monoisotopic (exact) mass is 913 g/mol. The molecule has 0 amide bonds. The summed E-state index contributed by atoms with van der Waals surface area (Å²) in [6.45, 7) is 6.55. The molecule has 0 radical (unpaired) electrons. The third-order valence-electron chi connectivity index (χ3n) is 12.6. The lowest BCUT2D eigenvalue weighted by Gasteiger charge is -2.18. The molecule has 0 aromatic heterocycles. The Morgan fingerprint density at radius 3 is 0.923 bits per heavy atom. The molecule has 1 atom stereocenters. The van der Waals surface area contributed by atoms with Crippen LogP contribution < -0.4 is 0 Å². The first kappa shape index (κ1) is 62.6. The van der Waals surface area contributed by atoms with Gasteiger partial charge in [0, 0.05) is 19.3 Å². The molecule has 0 rings (SSSR count). The highest BCUT2D eigenvalue weighted by molar-refractivity contribution is 5.71. The smallest absolute Gasteiger partial charge is 0.306 e. The van der Waals surface area contributed by atoms with Gasteiger partial charge in [0.05, 0.1) is 0 Å². The van der Waals surface area contributed by atoms with Gasteiger partial charge >= 0.3 is 17.9 Å². The Hall–Kier alpha value is -2.37. The number of rotatable bonds is 52. The Kier molecular flexibility index (Phi) is 52.3. The van der Waals surface area contributed by atoms with Gasteiger partial charge in [-0.1, -0.05) is 250 Å². The van der Waals surface area contributed by atoms with Crippen molar-refractivity contribution in [3.63, 3.8) is 0 Å². The molecule has 0 bridgehead atoms. The molecule has 6 heteroatoms. The summed E-state index contributed by atoms with van der Waals surface area (Å²) < 4.78 is 16.7. The highest BCUT2D eigenvalue weighted by atomic mass is 16.6. The molecule has 0 aromatic carbocycles. The average Bonchev–Trinajstić information content (AvgIpc) is 3.30. The summed E-state index contributed by atoms with van der Waals surface area (Å²) in [4.78, 5) is 37.8. The van der Waals surface area contributed by atoms with E-state index in [4.69, 9.17) is 14.2 Å². The number of carbonyl (C=O) groups excluding carboxylic acids is 3. The van der Waals surface area contributed by atoms with Gasteiger partial charge in [0.25, 0.3) is 0 Å². The second-order valence-electron chi connectivity index (χ2n) is 19.2. The zero-order valence-corrected chi connectivity index (χ0v) is 43.5. The molecule has 0 saturated carbocycles. The fourth-order valence-electron chi connectivity index (χ4n) is 8.30. The number of hydrogen-bond acceptors (Lipinski definition) is 6. The van der Waals surface area contributed by atoms with Gasteiger partial charge in [-0.3, -0.25) is 14.4 Å². The zero-order chi connectivity index (χ0) is 47.2. The van der Waals surface area contributed by atoms with Crippen LogP contribution in [0.4, 0.5) is 0 Å². The summed E-state index contributed by atoms with van der Waals surface area (Å²) >= 11 is 0. The summed E-state index contributed by atoms with van der Waals surface area (Å²) in [5.41, 5.74) is 0. The number of esters is 3. The fraction of sp³-hybridized carbons (Fsp3) is 0.847. The molecule has 0 aliphatic heterocycles. The van der Waals surface area contributed by atoms with Crippen LogP contribution >= 0.6 is 0 Å². The van der Waals surface area contributed by atoms with E-state index >= 15 is 0 Å². The van der Waals surface area contributed by atoms with Gasteiger partial charge in [0.2, 0.25) is 0 Å². The van der Waals surface area contributed by atoms with Gasteiger partial charge in [-0.15, -0.1) is 0 Å². The summed E-state index contributed by atoms with van der Waals surface area (Å²) in [6, 6.07) is 0. The number of ether oxygens (including phenoxy) is 3. The lowest BCUT2D eigenvalue weighted by Crippen LogP contribution is -2.30. The minimum absolute atomic E-state index is 0.0720. The number of carbonyl (C=O) groups is 3. The van der Waals surface area contributed by atoms with Gasteiger partial charge < -0.3 is 14.2 Å². The molecule has 0 aliphatic rings. The number of unbranched alkanes of at least 4 members (excludes halogenated alkanes) is 35. The quantitative estimate of drug-likeness (QED) is 0.0262. The van der Waals surface area contributed by atoms with E-state index in [1.807, 2.05) is 0 Å². The van der Waals surface area contributed by atoms with Gasteiger partial charge in [-0.05, 0) is 70.6 Å². The average molecular weight is 914 g/mol. The topological polar surface area (TPSA) is 78.9 Å². The lowest BCUT2D eigenvalue weighted by molar-refractivity contribution is -0.167. The molecule has 0 N–H and O–H groups in total. The lowest BCUT2D eigenvalue weighted by atomic mass is 10.0. The van der Waals surface area contributed by atoms with Gasteiger partial charge in [0.1, 0.15) is 13.2 Å². The molecule has 0 saturated heterocycles. The minimum atomic E-state index is -0.769. The maximum absolute atomic E-state index is 12.7. The van der Waals surface area contributed by atoms with E-state index in [0.717, 1.165) is 83.5 Å². The van der Waals surface area contributed by atoms with Crippen molar-refractivity contribution in [1.82, 2.24) is 0 Å². The van der Waals surface area contributed by atoms with Gasteiger partial charge in [0.15, 0.2) is 6.10 Å². The van der Waals surface area contributed by atoms with Crippen LogP contribution in [0.2, 0.25) is 0 Å². The van der Waals surface area contributed by atoms with E-state index in [1.54, 1.807) is 0 Å². The first-order chi connectivity index (χ1) is 32.0. The SMILES string of the molecule is CCC/C=C\CCCCCCCC(=O)OC(COC(=O)CCCCCCCCCC)COC(=O)CCCCCCCCCCCCCCCCCCC/C=C\C/C=C\CCCCCCC. The van der Waals surface area contributed by atoms with Crippen molar-refractivity contribution in [2.75, 3.05) is 13.2 Å². The van der Waals surface area contributed by atoms with Crippen LogP contribution in [-0.4, -0.2) is 37.2 Å². The largest absolute Gasteiger partial charge is 0.462 e. The molecule has 1 unspecified atom stereocenters. The maximum atomic E-state index is 12.7. The molecule has 0 heterocycles. The molecule has 6 nitrogen and oxygen atoms in total. The Balaban J connectivity index is 3.99. The molecular formula is C59H108O6. The molecule has 0 spiro atoms. The van der Waals surface area contributed by atoms with E-state index < -0.39 is 6.10 Å². The van der Waals surface area contributed by atoms with Crippen LogP contribution in [0.1, 0.15) is 303 Å². The molecule has 0 aliphatic carbocycles. The summed E-state index contributed by atoms with van der Waals surface area (Å²) in [5.74, 6) is -0.876. The van der Waals surface area contributed by atoms with Crippen molar-refractivity contribution in [1.29, 1.82) is 0 Å². The van der Waals surface area contributed by atoms with E-state index in [9.17, 15) is 14.4 Å². The first-order valence-corrected chi connectivity index (χ1v) is 28.5. The van der Waals surface area contributed by atoms with Crippen molar-refractivity contribution in [2.45, 2.75) is 309 Å². The van der Waals surface area contributed by atoms with Crippen molar-refractivity contribution in [2.24, 2.45) is 0 Å². The van der Waals surface area contributed by atoms with Crippen LogP contribution in [0, 0.1) is 0 Å². The summed E-state index contributed by atoms with van der Waals surface area (Å²) in [7, 11) is 0. The van der Waals surface area contributed by atoms with E-state index in [0.29, 0.717) is 19.3 Å². The first-order valence-electron chi connectivity index (χ1n) is 28.5. The Labute approximate surface area is 404 Å². The molecular weight excluding hydrogens is 805 g/mol. The van der Waals surface area contributed by atoms with E-state index in [-0.39, 0.29) is 31.1 Å². The normalized spacial score (nSPS) is 12.2. The summed E-state index contributed by atoms with van der Waals surface area (Å²) in [6.07, 6.45) is 64.6. The van der Waals surface area contributed by atoms with E-state index in [2.05, 4.69) is 57.2 Å². The Bertz CT molecular complexity index is 1090. The number of hydrogen-bond donors (Lipinski definition) is 0. The van der Waals surface area contributed by atoms with Gasteiger partial charge in [-0.2, -0.15) is 0 Å². The van der Waals surface area contributed by atoms with Crippen LogP contribution in [-0.2, 0) is 28.6 Å². The second kappa shape index (κ2) is 54.2. The van der Waals surface area contributed by atoms with Crippen molar-refractivity contribution in [3.05, 3.63) is 36.5 Å². The van der Waals surface area contributed by atoms with Crippen LogP contribution in [0.5, 0.6) is 0 Å². The fourth-order valence-corrected chi connectivity index (χ4v) is 8.30. The van der Waals surface area contributed by atoms with Crippen molar-refractivity contribution >= 4 is 17.9 Å². The molecule has 65 heavy (non-hydrogen) atoms. The van der Waals surface area contributed by atoms with E-state index in [1.165, 1.54) is 180 Å². The maximum Gasteiger partial charge on any atom is 0.306 e. The van der Waals surface area contributed by atoms with Crippen LogP contribution in [0.25, 0.3) is 0 Å². The third kappa shape index (κ3) is 52.5. The van der Waals surface area contributed by atoms with Crippen LogP contribution in [0.3, 0.4) is 0 Å². The summed E-state index contributed by atoms with van der Waals surface area (Å²) in [5, 5.41) is 0. The predicted molar refractivity (Wildman–Crippen MR) is 279 cm³/mol. The highest BCUT2D eigenvalue weighted by Crippen LogP contribution is 2.16. The highest BCUT2D eigenvalue weighted by Gasteiger charge is 2.19. The standard InChI is InChI=1S/C59H108O6/c1-4-7-10-13-16-19-21-22-23-24-25-26-27-28-29-30-31-32-33-34-35-36-37-38-39-41-43-46-49-52-58(61)64-55-56(54-63-57(60)51-48-45-42-18-15-12-9-6-3)65-59(62)53-50-47-44-40-20-17-14-11-8-5-2/h11,14,21-22,24-25,56H,4-10,12-13,15-20,23,26-55H2,1-3H3/b14-11-,22-21-,25-24-. The Morgan fingerprint density at radius 1 is 0.308 bits per heavy atom.